The van der Waals surface area contributed by atoms with E-state index in [0.29, 0.717) is 6.54 Å². The number of amides is 3. The number of rotatable bonds is 5. The number of carbonyl (C=O) groups is 2. The summed E-state index contributed by atoms with van der Waals surface area (Å²) in [5, 5.41) is 7.47. The molecule has 5 nitrogen and oxygen atoms in total. The summed E-state index contributed by atoms with van der Waals surface area (Å²) in [6, 6.07) is -0.294. The zero-order chi connectivity index (χ0) is 10.1. The summed E-state index contributed by atoms with van der Waals surface area (Å²) in [4.78, 5) is 21.6. The topological polar surface area (TPSA) is 70.2 Å². The lowest BCUT2D eigenvalue weighted by Gasteiger charge is -2.05. The van der Waals surface area contributed by atoms with Crippen LogP contribution >= 0.6 is 0 Å². The third kappa shape index (κ3) is 7.11. The molecule has 0 aliphatic rings. The highest BCUT2D eigenvalue weighted by Gasteiger charge is 2.01. The van der Waals surface area contributed by atoms with Gasteiger partial charge in [0, 0.05) is 13.6 Å². The maximum absolute atomic E-state index is 10.9. The van der Waals surface area contributed by atoms with Crippen molar-refractivity contribution in [2.75, 3.05) is 20.1 Å². The highest BCUT2D eigenvalue weighted by atomic mass is 16.2. The third-order valence-corrected chi connectivity index (χ3v) is 1.50. The smallest absolute Gasteiger partial charge is 0.315 e. The van der Waals surface area contributed by atoms with Crippen molar-refractivity contribution in [3.63, 3.8) is 0 Å². The Morgan fingerprint density at radius 1 is 1.23 bits per heavy atom. The van der Waals surface area contributed by atoms with E-state index < -0.39 is 0 Å². The first-order valence-corrected chi connectivity index (χ1v) is 4.43. The molecule has 0 unspecified atom stereocenters. The highest BCUT2D eigenvalue weighted by molar-refractivity contribution is 5.83. The van der Waals surface area contributed by atoms with Gasteiger partial charge in [-0.15, -0.1) is 0 Å². The van der Waals surface area contributed by atoms with Crippen LogP contribution in [0.1, 0.15) is 19.8 Å². The van der Waals surface area contributed by atoms with Crippen LogP contribution in [0.4, 0.5) is 4.79 Å². The Labute approximate surface area is 78.3 Å². The molecule has 0 saturated heterocycles. The minimum atomic E-state index is -0.294. The van der Waals surface area contributed by atoms with E-state index in [1.54, 1.807) is 0 Å². The zero-order valence-electron chi connectivity index (χ0n) is 8.14. The van der Waals surface area contributed by atoms with E-state index in [0.717, 1.165) is 12.8 Å². The molecular formula is C8H17N3O2. The van der Waals surface area contributed by atoms with Crippen LogP contribution in [0.2, 0.25) is 0 Å². The molecule has 13 heavy (non-hydrogen) atoms. The number of hydrogen-bond acceptors (Lipinski definition) is 2. The van der Waals surface area contributed by atoms with E-state index in [1.165, 1.54) is 7.05 Å². The molecule has 5 heteroatoms. The maximum atomic E-state index is 10.9. The van der Waals surface area contributed by atoms with E-state index in [1.807, 2.05) is 6.92 Å². The number of carbonyl (C=O) groups excluding carboxylic acids is 2. The van der Waals surface area contributed by atoms with Crippen LogP contribution in [0.5, 0.6) is 0 Å². The third-order valence-electron chi connectivity index (χ3n) is 1.50. The van der Waals surface area contributed by atoms with Gasteiger partial charge in [0.1, 0.15) is 0 Å². The van der Waals surface area contributed by atoms with Gasteiger partial charge in [0.2, 0.25) is 5.91 Å². The summed E-state index contributed by atoms with van der Waals surface area (Å²) < 4.78 is 0. The Bertz CT molecular complexity index is 171. The van der Waals surface area contributed by atoms with Crippen LogP contribution in [0.15, 0.2) is 0 Å². The lowest BCUT2D eigenvalue weighted by Crippen LogP contribution is -2.41. The fourth-order valence-corrected chi connectivity index (χ4v) is 0.690. The summed E-state index contributed by atoms with van der Waals surface area (Å²) >= 11 is 0. The first kappa shape index (κ1) is 11.7. The average Bonchev–Trinajstić information content (AvgIpc) is 2.14. The van der Waals surface area contributed by atoms with Gasteiger partial charge < -0.3 is 16.0 Å². The number of nitrogens with one attached hydrogen (secondary N) is 3. The van der Waals surface area contributed by atoms with Crippen molar-refractivity contribution in [3.8, 4) is 0 Å². The zero-order valence-corrected chi connectivity index (χ0v) is 8.14. The highest BCUT2D eigenvalue weighted by Crippen LogP contribution is 1.81. The van der Waals surface area contributed by atoms with Gasteiger partial charge in [0.25, 0.3) is 0 Å². The fraction of sp³-hybridized carbons (Fsp3) is 0.750. The monoisotopic (exact) mass is 187 g/mol. The Kier molecular flexibility index (Phi) is 6.68. The van der Waals surface area contributed by atoms with E-state index in [2.05, 4.69) is 16.0 Å². The molecule has 0 aromatic heterocycles. The van der Waals surface area contributed by atoms with E-state index >= 15 is 0 Å². The van der Waals surface area contributed by atoms with E-state index in [-0.39, 0.29) is 18.5 Å². The molecule has 0 aromatic rings. The van der Waals surface area contributed by atoms with Crippen LogP contribution in [0.25, 0.3) is 0 Å². The summed E-state index contributed by atoms with van der Waals surface area (Å²) in [7, 11) is 1.53. The van der Waals surface area contributed by atoms with Crippen molar-refractivity contribution in [1.82, 2.24) is 16.0 Å². The van der Waals surface area contributed by atoms with Gasteiger partial charge in [-0.25, -0.2) is 4.79 Å². The second-order valence-electron chi connectivity index (χ2n) is 2.64. The molecule has 0 radical (unpaired) electrons. The summed E-state index contributed by atoms with van der Waals surface area (Å²) in [6.07, 6.45) is 1.99. The standard InChI is InChI=1S/C8H17N3O2/c1-3-4-5-10-8(13)11-6-7(12)9-2/h3-6H2,1-2H3,(H,9,12)(H2,10,11,13). The molecule has 0 spiro atoms. The van der Waals surface area contributed by atoms with Crippen LogP contribution in [0.3, 0.4) is 0 Å². The average molecular weight is 187 g/mol. The Morgan fingerprint density at radius 2 is 1.92 bits per heavy atom. The summed E-state index contributed by atoms with van der Waals surface area (Å²) in [5.41, 5.74) is 0. The van der Waals surface area contributed by atoms with Gasteiger partial charge in [-0.1, -0.05) is 13.3 Å². The lowest BCUT2D eigenvalue weighted by atomic mass is 10.3. The van der Waals surface area contributed by atoms with Crippen molar-refractivity contribution >= 4 is 11.9 Å². The SMILES string of the molecule is CCCCNC(=O)NCC(=O)NC. The molecule has 0 rings (SSSR count). The number of urea groups is 1. The van der Waals surface area contributed by atoms with Crippen LogP contribution in [-0.4, -0.2) is 32.1 Å². The molecular weight excluding hydrogens is 170 g/mol. The van der Waals surface area contributed by atoms with E-state index in [9.17, 15) is 9.59 Å². The number of unbranched alkanes of at least 4 members (excludes halogenated alkanes) is 1. The predicted molar refractivity (Wildman–Crippen MR) is 50.4 cm³/mol. The molecule has 3 N–H and O–H groups in total. The minimum absolute atomic E-state index is 0.0223. The van der Waals surface area contributed by atoms with E-state index in [4.69, 9.17) is 0 Å². The molecule has 0 aliphatic carbocycles. The number of likely N-dealkylation sites (N-methyl/N-ethyl adjacent to an activating group) is 1. The largest absolute Gasteiger partial charge is 0.358 e. The van der Waals surface area contributed by atoms with Gasteiger partial charge in [-0.05, 0) is 6.42 Å². The first-order chi connectivity index (χ1) is 6.20. The molecule has 0 aromatic carbocycles. The molecule has 0 fully saturated rings. The normalized spacial score (nSPS) is 9.08. The van der Waals surface area contributed by atoms with Gasteiger partial charge in [-0.3, -0.25) is 4.79 Å². The van der Waals surface area contributed by atoms with Crippen molar-refractivity contribution in [3.05, 3.63) is 0 Å². The maximum Gasteiger partial charge on any atom is 0.315 e. The second kappa shape index (κ2) is 7.39. The van der Waals surface area contributed by atoms with Gasteiger partial charge in [0.15, 0.2) is 0 Å². The Morgan fingerprint density at radius 3 is 2.46 bits per heavy atom. The lowest BCUT2D eigenvalue weighted by molar-refractivity contribution is -0.119. The Balaban J connectivity index is 3.35. The Hall–Kier alpha value is -1.26. The molecule has 0 saturated carbocycles. The van der Waals surface area contributed by atoms with Crippen molar-refractivity contribution in [1.29, 1.82) is 0 Å². The summed E-state index contributed by atoms with van der Waals surface area (Å²) in [6.45, 7) is 2.72. The second-order valence-corrected chi connectivity index (χ2v) is 2.64. The van der Waals surface area contributed by atoms with Gasteiger partial charge >= 0.3 is 6.03 Å². The molecule has 0 aliphatic heterocycles. The minimum Gasteiger partial charge on any atom is -0.358 e. The molecule has 0 heterocycles. The van der Waals surface area contributed by atoms with Gasteiger partial charge in [0.05, 0.1) is 6.54 Å². The van der Waals surface area contributed by atoms with Crippen molar-refractivity contribution < 1.29 is 9.59 Å². The first-order valence-electron chi connectivity index (χ1n) is 4.43. The molecule has 76 valence electrons. The quantitative estimate of drug-likeness (QED) is 0.523. The molecule has 3 amide bonds. The summed E-state index contributed by atoms with van der Waals surface area (Å²) in [5.74, 6) is -0.203. The van der Waals surface area contributed by atoms with Crippen LogP contribution < -0.4 is 16.0 Å². The molecule has 0 bridgehead atoms. The number of hydrogen-bond donors (Lipinski definition) is 3. The van der Waals surface area contributed by atoms with Crippen LogP contribution in [0, 0.1) is 0 Å². The van der Waals surface area contributed by atoms with Gasteiger partial charge in [-0.2, -0.15) is 0 Å². The fourth-order valence-electron chi connectivity index (χ4n) is 0.690. The van der Waals surface area contributed by atoms with Crippen LogP contribution in [-0.2, 0) is 4.79 Å². The predicted octanol–water partition coefficient (Wildman–Crippen LogP) is -0.168. The molecule has 0 atom stereocenters. The van der Waals surface area contributed by atoms with Crippen molar-refractivity contribution in [2.45, 2.75) is 19.8 Å². The van der Waals surface area contributed by atoms with Crippen molar-refractivity contribution in [2.24, 2.45) is 0 Å².